The van der Waals surface area contributed by atoms with E-state index in [9.17, 15) is 4.79 Å². The first-order valence-corrected chi connectivity index (χ1v) is 6.32. The van der Waals surface area contributed by atoms with Crippen LogP contribution in [0.2, 0.25) is 0 Å². The third kappa shape index (κ3) is 3.66. The van der Waals surface area contributed by atoms with Crippen molar-refractivity contribution in [1.29, 1.82) is 0 Å². The van der Waals surface area contributed by atoms with E-state index in [-0.39, 0.29) is 5.91 Å². The van der Waals surface area contributed by atoms with Gasteiger partial charge in [-0.2, -0.15) is 0 Å². The molecule has 0 aliphatic carbocycles. The van der Waals surface area contributed by atoms with Crippen LogP contribution < -0.4 is 11.1 Å². The number of amides is 1. The molecule has 2 atom stereocenters. The van der Waals surface area contributed by atoms with Crippen LogP contribution in [0.5, 0.6) is 0 Å². The minimum absolute atomic E-state index is 0.271. The molecule has 0 saturated carbocycles. The molecule has 0 radical (unpaired) electrons. The Bertz CT molecular complexity index is 269. The molecule has 0 aromatic rings. The quantitative estimate of drug-likeness (QED) is 0.658. The highest BCUT2D eigenvalue weighted by molar-refractivity contribution is 5.84. The molecular formula is C12H26N4O. The molecule has 0 aromatic heterocycles. The molecule has 1 amide bonds. The molecular weight excluding hydrogens is 216 g/mol. The molecule has 5 nitrogen and oxygen atoms in total. The maximum Gasteiger partial charge on any atom is 0.238 e. The summed E-state index contributed by atoms with van der Waals surface area (Å²) >= 11 is 0. The molecule has 0 spiro atoms. The Hall–Kier alpha value is -0.650. The monoisotopic (exact) mass is 242 g/mol. The molecule has 17 heavy (non-hydrogen) atoms. The Kier molecular flexibility index (Phi) is 4.91. The van der Waals surface area contributed by atoms with E-state index in [4.69, 9.17) is 5.73 Å². The minimum atomic E-state index is -0.615. The van der Waals surface area contributed by atoms with Crippen molar-refractivity contribution in [3.8, 4) is 0 Å². The lowest BCUT2D eigenvalue weighted by Gasteiger charge is -2.32. The van der Waals surface area contributed by atoms with Crippen molar-refractivity contribution >= 4 is 5.91 Å². The van der Waals surface area contributed by atoms with E-state index >= 15 is 0 Å². The third-order valence-electron chi connectivity index (χ3n) is 3.63. The molecule has 1 saturated heterocycles. The zero-order chi connectivity index (χ0) is 13.1. The summed E-state index contributed by atoms with van der Waals surface area (Å²) in [5.41, 5.74) is 4.88. The van der Waals surface area contributed by atoms with Crippen molar-refractivity contribution in [2.24, 2.45) is 5.73 Å². The van der Waals surface area contributed by atoms with Crippen LogP contribution >= 0.6 is 0 Å². The van der Waals surface area contributed by atoms with E-state index in [1.54, 1.807) is 0 Å². The molecule has 1 heterocycles. The number of likely N-dealkylation sites (tertiary alicyclic amines) is 1. The summed E-state index contributed by atoms with van der Waals surface area (Å²) < 4.78 is 0. The van der Waals surface area contributed by atoms with Crippen LogP contribution in [0.4, 0.5) is 0 Å². The Morgan fingerprint density at radius 1 is 1.59 bits per heavy atom. The maximum atomic E-state index is 11.5. The Labute approximate surface area is 104 Å². The Morgan fingerprint density at radius 3 is 2.65 bits per heavy atom. The van der Waals surface area contributed by atoms with Gasteiger partial charge in [0.05, 0.1) is 0 Å². The van der Waals surface area contributed by atoms with Crippen LogP contribution in [0.15, 0.2) is 0 Å². The number of nitrogens with one attached hydrogen (secondary N) is 1. The van der Waals surface area contributed by atoms with E-state index < -0.39 is 5.54 Å². The van der Waals surface area contributed by atoms with Crippen LogP contribution in [0, 0.1) is 0 Å². The van der Waals surface area contributed by atoms with Crippen molar-refractivity contribution < 1.29 is 4.79 Å². The van der Waals surface area contributed by atoms with Crippen LogP contribution in [-0.4, -0.2) is 67.6 Å². The highest BCUT2D eigenvalue weighted by atomic mass is 16.1. The zero-order valence-corrected chi connectivity index (χ0v) is 11.5. The van der Waals surface area contributed by atoms with Gasteiger partial charge in [-0.3, -0.25) is 9.69 Å². The predicted molar refractivity (Wildman–Crippen MR) is 69.8 cm³/mol. The lowest BCUT2D eigenvalue weighted by Crippen LogP contribution is -2.59. The fourth-order valence-electron chi connectivity index (χ4n) is 2.44. The summed E-state index contributed by atoms with van der Waals surface area (Å²) in [5.74, 6) is -0.271. The van der Waals surface area contributed by atoms with Crippen molar-refractivity contribution in [3.05, 3.63) is 0 Å². The fourth-order valence-corrected chi connectivity index (χ4v) is 2.44. The average Bonchev–Trinajstić information content (AvgIpc) is 2.66. The van der Waals surface area contributed by atoms with Crippen molar-refractivity contribution in [2.45, 2.75) is 31.8 Å². The van der Waals surface area contributed by atoms with Crippen molar-refractivity contribution in [1.82, 2.24) is 15.1 Å². The number of carbonyl (C=O) groups is 1. The van der Waals surface area contributed by atoms with E-state index in [1.807, 2.05) is 13.8 Å². The van der Waals surface area contributed by atoms with E-state index in [0.717, 1.165) is 26.1 Å². The molecule has 0 aromatic carbocycles. The summed E-state index contributed by atoms with van der Waals surface area (Å²) in [6.07, 6.45) is 1.16. The van der Waals surface area contributed by atoms with Crippen LogP contribution in [0.1, 0.15) is 20.3 Å². The summed E-state index contributed by atoms with van der Waals surface area (Å²) in [7, 11) is 4.21. The molecule has 0 bridgehead atoms. The second-order valence-electron chi connectivity index (χ2n) is 5.37. The number of rotatable bonds is 6. The summed E-state index contributed by atoms with van der Waals surface area (Å²) in [4.78, 5) is 16.1. The number of nitrogens with two attached hydrogens (primary N) is 1. The SMILES string of the molecule is CCNC(C)(CN1CCC(N(C)C)C1)C(N)=O. The first-order chi connectivity index (χ1) is 7.89. The van der Waals surface area contributed by atoms with E-state index in [2.05, 4.69) is 29.2 Å². The highest BCUT2D eigenvalue weighted by Crippen LogP contribution is 2.16. The van der Waals surface area contributed by atoms with Gasteiger partial charge in [0.1, 0.15) is 5.54 Å². The van der Waals surface area contributed by atoms with Gasteiger partial charge in [-0.25, -0.2) is 0 Å². The number of carbonyl (C=O) groups excluding carboxylic acids is 1. The fraction of sp³-hybridized carbons (Fsp3) is 0.917. The number of primary amides is 1. The first-order valence-electron chi connectivity index (χ1n) is 6.32. The zero-order valence-electron chi connectivity index (χ0n) is 11.5. The third-order valence-corrected chi connectivity index (χ3v) is 3.63. The molecule has 1 rings (SSSR count). The topological polar surface area (TPSA) is 61.6 Å². The van der Waals surface area contributed by atoms with Gasteiger partial charge in [-0.1, -0.05) is 6.92 Å². The number of hydrogen-bond acceptors (Lipinski definition) is 4. The van der Waals surface area contributed by atoms with Gasteiger partial charge in [0.25, 0.3) is 0 Å². The number of nitrogens with zero attached hydrogens (tertiary/aromatic N) is 2. The second-order valence-corrected chi connectivity index (χ2v) is 5.37. The van der Waals surface area contributed by atoms with Gasteiger partial charge in [0.15, 0.2) is 0 Å². The normalized spacial score (nSPS) is 25.1. The lowest BCUT2D eigenvalue weighted by molar-refractivity contribution is -0.124. The van der Waals surface area contributed by atoms with Crippen molar-refractivity contribution in [2.75, 3.05) is 40.3 Å². The van der Waals surface area contributed by atoms with Gasteiger partial charge in [-0.15, -0.1) is 0 Å². The van der Waals surface area contributed by atoms with Crippen LogP contribution in [0.3, 0.4) is 0 Å². The number of hydrogen-bond donors (Lipinski definition) is 2. The summed E-state index contributed by atoms with van der Waals surface area (Å²) in [5, 5.41) is 3.20. The second kappa shape index (κ2) is 5.80. The van der Waals surface area contributed by atoms with Gasteiger partial charge in [0, 0.05) is 19.1 Å². The Balaban J connectivity index is 2.55. The first kappa shape index (κ1) is 14.4. The Morgan fingerprint density at radius 2 is 2.24 bits per heavy atom. The maximum absolute atomic E-state index is 11.5. The molecule has 1 fully saturated rings. The van der Waals surface area contributed by atoms with Gasteiger partial charge >= 0.3 is 0 Å². The van der Waals surface area contributed by atoms with Gasteiger partial charge in [-0.05, 0) is 40.5 Å². The summed E-state index contributed by atoms with van der Waals surface area (Å²) in [6.45, 7) is 7.39. The summed E-state index contributed by atoms with van der Waals surface area (Å²) in [6, 6.07) is 0.591. The molecule has 1 aliphatic rings. The van der Waals surface area contributed by atoms with Crippen LogP contribution in [-0.2, 0) is 4.79 Å². The molecule has 3 N–H and O–H groups in total. The van der Waals surface area contributed by atoms with Gasteiger partial charge in [0.2, 0.25) is 5.91 Å². The molecule has 2 unspecified atom stereocenters. The van der Waals surface area contributed by atoms with E-state index in [1.165, 1.54) is 0 Å². The lowest BCUT2D eigenvalue weighted by atomic mass is 10.0. The van der Waals surface area contributed by atoms with E-state index in [0.29, 0.717) is 12.6 Å². The average molecular weight is 242 g/mol. The molecule has 1 aliphatic heterocycles. The minimum Gasteiger partial charge on any atom is -0.368 e. The molecule has 100 valence electrons. The van der Waals surface area contributed by atoms with Gasteiger partial charge < -0.3 is 16.0 Å². The number of likely N-dealkylation sites (N-methyl/N-ethyl adjacent to an activating group) is 2. The predicted octanol–water partition coefficient (Wildman–Crippen LogP) is -0.524. The highest BCUT2D eigenvalue weighted by Gasteiger charge is 2.35. The van der Waals surface area contributed by atoms with Crippen LogP contribution in [0.25, 0.3) is 0 Å². The standard InChI is InChI=1S/C12H26N4O/c1-5-14-12(2,11(13)17)9-16-7-6-10(8-16)15(3)4/h10,14H,5-9H2,1-4H3,(H2,13,17). The van der Waals surface area contributed by atoms with Crippen molar-refractivity contribution in [3.63, 3.8) is 0 Å². The molecule has 5 heteroatoms. The largest absolute Gasteiger partial charge is 0.368 e. The smallest absolute Gasteiger partial charge is 0.238 e.